The number of fused-ring (bicyclic) bond motifs is 7. The Hall–Kier alpha value is -9.24. The highest BCUT2D eigenvalue weighted by molar-refractivity contribution is 5.96. The smallest absolute Gasteiger partial charge is 0.340 e. The van der Waals surface area contributed by atoms with E-state index in [0.717, 1.165) is 55.8 Å². The zero-order valence-corrected chi connectivity index (χ0v) is 55.0. The van der Waals surface area contributed by atoms with Crippen molar-refractivity contribution in [2.75, 3.05) is 0 Å². The Bertz CT molecular complexity index is 3930. The van der Waals surface area contributed by atoms with Crippen molar-refractivity contribution in [3.63, 3.8) is 0 Å². The number of aliphatic carboxylic acids is 3. The third-order valence-corrected chi connectivity index (χ3v) is 22.8. The molecule has 4 saturated carbocycles. The fourth-order valence-corrected chi connectivity index (χ4v) is 17.3. The molecule has 3 N–H and O–H groups in total. The summed E-state index contributed by atoms with van der Waals surface area (Å²) < 4.78 is 57.6. The van der Waals surface area contributed by atoms with E-state index in [4.69, 9.17) is 42.6 Å². The van der Waals surface area contributed by atoms with Crippen molar-refractivity contribution < 1.29 is 101 Å². The van der Waals surface area contributed by atoms with Crippen molar-refractivity contribution in [3.05, 3.63) is 162 Å². The Morgan fingerprint density at radius 1 is 0.480 bits per heavy atom. The van der Waals surface area contributed by atoms with Crippen LogP contribution < -0.4 is 0 Å². The fraction of sp³-hybridized carbons (Fsp3) is 0.500. The van der Waals surface area contributed by atoms with Crippen LogP contribution in [0, 0.1) is 50.2 Å². The second-order valence-electron chi connectivity index (χ2n) is 28.7. The first-order valence-electron chi connectivity index (χ1n) is 32.7. The Balaban J connectivity index is 0.969. The van der Waals surface area contributed by atoms with E-state index in [-0.39, 0.29) is 57.3 Å². The van der Waals surface area contributed by atoms with Gasteiger partial charge < -0.3 is 58.0 Å². The third-order valence-electron chi connectivity index (χ3n) is 22.8. The van der Waals surface area contributed by atoms with Crippen LogP contribution in [0.25, 0.3) is 0 Å². The summed E-state index contributed by atoms with van der Waals surface area (Å²) in [6.07, 6.45) is -4.10. The second kappa shape index (κ2) is 26.5. The van der Waals surface area contributed by atoms with Crippen molar-refractivity contribution in [3.8, 4) is 0 Å². The number of allylic oxidation sites excluding steroid dienone is 2. The highest BCUT2D eigenvalue weighted by Gasteiger charge is 2.71. The zero-order valence-electron chi connectivity index (χ0n) is 55.0. The van der Waals surface area contributed by atoms with Gasteiger partial charge in [0.2, 0.25) is 6.29 Å². The lowest BCUT2D eigenvalue weighted by Crippen LogP contribution is -2.69. The molecule has 26 nitrogen and oxygen atoms in total. The largest absolute Gasteiger partial charge is 0.481 e. The number of ether oxygens (including phenoxy) is 9. The molecule has 98 heavy (non-hydrogen) atoms. The van der Waals surface area contributed by atoms with Gasteiger partial charge in [-0.05, 0) is 170 Å². The minimum atomic E-state index is -2.42. The van der Waals surface area contributed by atoms with Crippen LogP contribution in [0.4, 0.5) is 0 Å². The number of pyridine rings is 5. The molecule has 2 aliphatic heterocycles. The monoisotopic (exact) mass is 1350 g/mol. The number of esters is 5. The van der Waals surface area contributed by atoms with Gasteiger partial charge in [-0.15, -0.1) is 0 Å². The van der Waals surface area contributed by atoms with E-state index < -0.39 is 148 Å². The predicted molar refractivity (Wildman–Crippen MR) is 337 cm³/mol. The van der Waals surface area contributed by atoms with Crippen LogP contribution in [0.1, 0.15) is 158 Å². The molecule has 2 saturated heterocycles. The second-order valence-corrected chi connectivity index (χ2v) is 28.7. The molecule has 0 radical (unpaired) electrons. The van der Waals surface area contributed by atoms with Crippen molar-refractivity contribution in [1.82, 2.24) is 24.9 Å². The molecule has 5 aromatic heterocycles. The number of hydrogen-bond acceptors (Lipinski definition) is 23. The summed E-state index contributed by atoms with van der Waals surface area (Å²) in [7, 11) is 0. The number of aromatic nitrogens is 5. The summed E-state index contributed by atoms with van der Waals surface area (Å²) in [5.41, 5.74) is -3.89. The number of carbonyl (C=O) groups excluding carboxylic acids is 6. The predicted octanol–water partition coefficient (Wildman–Crippen LogP) is 8.54. The SMILES string of the molecule is CC1(C(=O)O)CCC2(C)CCC3(C)C(=CC(=O)C4C5(C)CCC(OC6OC(C(=O)O)C(OC(=O)c7cccnc7)C(OC(=O)c7cccnc7)C6OC6OC(C(=O)O)C(OC(=O)c7cccnc7)C(OC(=O)c7cccnc7)C6OC(=O)c6cccnc6)C(C)(C)C5CCC43C)C2C1. The van der Waals surface area contributed by atoms with Gasteiger partial charge in [-0.1, -0.05) is 47.1 Å². The van der Waals surface area contributed by atoms with E-state index in [9.17, 15) is 53.7 Å². The molecule has 5 aliphatic carbocycles. The highest BCUT2D eigenvalue weighted by Crippen LogP contribution is 2.75. The Labute approximate surface area is 563 Å². The minimum Gasteiger partial charge on any atom is -0.481 e. The van der Waals surface area contributed by atoms with Gasteiger partial charge >= 0.3 is 47.8 Å². The van der Waals surface area contributed by atoms with Crippen LogP contribution in [0.3, 0.4) is 0 Å². The summed E-state index contributed by atoms with van der Waals surface area (Å²) in [6.45, 7) is 14.6. The molecule has 6 fully saturated rings. The van der Waals surface area contributed by atoms with Crippen LogP contribution in [-0.2, 0) is 61.8 Å². The quantitative estimate of drug-likeness (QED) is 0.0445. The number of rotatable bonds is 17. The van der Waals surface area contributed by atoms with Gasteiger partial charge in [-0.25, -0.2) is 33.6 Å². The average molecular weight is 1350 g/mol. The molecule has 0 amide bonds. The van der Waals surface area contributed by atoms with E-state index in [0.29, 0.717) is 32.1 Å². The first-order valence-corrected chi connectivity index (χ1v) is 32.7. The normalized spacial score (nSPS) is 35.3. The fourth-order valence-electron chi connectivity index (χ4n) is 17.3. The Morgan fingerprint density at radius 3 is 1.31 bits per heavy atom. The van der Waals surface area contributed by atoms with Gasteiger partial charge in [-0.3, -0.25) is 34.5 Å². The number of hydrogen-bond donors (Lipinski definition) is 3. The molecule has 7 heterocycles. The summed E-state index contributed by atoms with van der Waals surface area (Å²) in [5, 5.41) is 33.1. The number of carboxylic acids is 3. The molecule has 26 heteroatoms. The number of carboxylic acid groups (broad SMARTS) is 3. The average Bonchev–Trinajstić information content (AvgIpc) is 0.673. The van der Waals surface area contributed by atoms with Crippen LogP contribution in [-0.4, -0.2) is 161 Å². The number of nitrogens with zero attached hydrogens (tertiary/aromatic N) is 5. The molecule has 19 unspecified atom stereocenters. The van der Waals surface area contributed by atoms with Crippen molar-refractivity contribution in [1.29, 1.82) is 0 Å². The maximum atomic E-state index is 15.5. The molecule has 7 aliphatic rings. The van der Waals surface area contributed by atoms with Crippen LogP contribution in [0.2, 0.25) is 0 Å². The first kappa shape index (κ1) is 68.7. The van der Waals surface area contributed by atoms with Crippen molar-refractivity contribution in [2.45, 2.75) is 174 Å². The van der Waals surface area contributed by atoms with Gasteiger partial charge in [0.15, 0.2) is 60.9 Å². The van der Waals surface area contributed by atoms with Gasteiger partial charge in [0.1, 0.15) is 0 Å². The van der Waals surface area contributed by atoms with Gasteiger partial charge in [0.25, 0.3) is 0 Å². The summed E-state index contributed by atoms with van der Waals surface area (Å²) in [5.74, 6) is -11.4. The maximum absolute atomic E-state index is 15.5. The van der Waals surface area contributed by atoms with E-state index in [2.05, 4.69) is 52.6 Å². The van der Waals surface area contributed by atoms with Gasteiger partial charge in [0, 0.05) is 67.9 Å². The Kier molecular flexibility index (Phi) is 18.6. The van der Waals surface area contributed by atoms with E-state index in [1.165, 1.54) is 91.6 Å². The summed E-state index contributed by atoms with van der Waals surface area (Å²) in [6, 6.07) is 13.6. The molecule has 0 aromatic carbocycles. The van der Waals surface area contributed by atoms with Gasteiger partial charge in [-0.2, -0.15) is 0 Å². The molecule has 0 spiro atoms. The minimum absolute atomic E-state index is 0.0304. The van der Waals surface area contributed by atoms with Gasteiger partial charge in [0.05, 0.1) is 39.3 Å². The van der Waals surface area contributed by atoms with E-state index in [1.54, 1.807) is 0 Å². The standard InChI is InChI=1S/C72H77N5O21/c1-67(2)46-18-21-72(7)56(45(78)31-43-44-32-69(4,66(88)89)23-22-68(44,3)24-25-71(43,72)6)70(46,5)20-19-47(67)90-64-55(51(94-62(86)41-16-11-29-76-36-41)49(52(96-64)57(79)80)92-60(84)39-14-9-27-74-34-39)98-65-54(95-63(87)42-17-12-30-77-37-42)50(93-61(85)40-15-10-28-75-35-40)48(53(97-65)58(81)82)91-59(83)38-13-8-26-73-33-38/h8-17,26-31,33-37,44,46-56,64-65H,18-25,32H2,1-7H3,(H,79,80)(H,81,82)(H,88,89). The topological polar surface area (TPSA) is 362 Å². The van der Waals surface area contributed by atoms with Crippen LogP contribution in [0.5, 0.6) is 0 Å². The maximum Gasteiger partial charge on any atom is 0.340 e. The molecular formula is C72H77N5O21. The van der Waals surface area contributed by atoms with Crippen molar-refractivity contribution >= 4 is 53.5 Å². The summed E-state index contributed by atoms with van der Waals surface area (Å²) in [4.78, 5) is 149. The van der Waals surface area contributed by atoms with E-state index >= 15 is 4.79 Å². The number of carbonyl (C=O) groups is 9. The molecule has 0 bridgehead atoms. The van der Waals surface area contributed by atoms with Crippen LogP contribution in [0.15, 0.2) is 134 Å². The zero-order chi connectivity index (χ0) is 69.9. The Morgan fingerprint density at radius 2 is 0.888 bits per heavy atom. The lowest BCUT2D eigenvalue weighted by atomic mass is 9.33. The highest BCUT2D eigenvalue weighted by atomic mass is 16.8. The van der Waals surface area contributed by atoms with Crippen molar-refractivity contribution in [2.24, 2.45) is 50.2 Å². The molecule has 19 atom stereocenters. The number of ketones is 1. The molecular weight excluding hydrogens is 1270 g/mol. The molecule has 5 aromatic rings. The van der Waals surface area contributed by atoms with Crippen LogP contribution >= 0.6 is 0 Å². The van der Waals surface area contributed by atoms with E-state index in [1.807, 2.05) is 26.8 Å². The first-order chi connectivity index (χ1) is 46.6. The lowest BCUT2D eigenvalue weighted by Gasteiger charge is -2.70. The summed E-state index contributed by atoms with van der Waals surface area (Å²) >= 11 is 0. The molecule has 516 valence electrons. The molecule has 12 rings (SSSR count). The third kappa shape index (κ3) is 12.4. The lowest BCUT2D eigenvalue weighted by molar-refractivity contribution is -0.369.